The SMILES string of the molecule is CCCNC(C)c1cccnc1N1CCC(C)C1CO. The van der Waals surface area contributed by atoms with Crippen molar-refractivity contribution in [1.29, 1.82) is 0 Å². The van der Waals surface area contributed by atoms with Crippen molar-refractivity contribution in [3.05, 3.63) is 23.9 Å². The minimum absolute atomic E-state index is 0.196. The smallest absolute Gasteiger partial charge is 0.133 e. The highest BCUT2D eigenvalue weighted by Gasteiger charge is 2.33. The van der Waals surface area contributed by atoms with Crippen LogP contribution in [0.1, 0.15) is 45.2 Å². The molecule has 1 fully saturated rings. The lowest BCUT2D eigenvalue weighted by atomic mass is 10.0. The Morgan fingerprint density at radius 2 is 2.35 bits per heavy atom. The fourth-order valence-corrected chi connectivity index (χ4v) is 3.01. The third-order valence-corrected chi connectivity index (χ3v) is 4.33. The average Bonchev–Trinajstić information content (AvgIpc) is 2.85. The fourth-order valence-electron chi connectivity index (χ4n) is 3.01. The second-order valence-electron chi connectivity index (χ2n) is 5.80. The molecule has 1 aliphatic heterocycles. The van der Waals surface area contributed by atoms with Gasteiger partial charge in [-0.05, 0) is 38.3 Å². The summed E-state index contributed by atoms with van der Waals surface area (Å²) in [6.07, 6.45) is 4.10. The minimum Gasteiger partial charge on any atom is -0.394 e. The summed E-state index contributed by atoms with van der Waals surface area (Å²) in [7, 11) is 0. The van der Waals surface area contributed by atoms with Crippen molar-refractivity contribution in [2.45, 2.75) is 45.7 Å². The van der Waals surface area contributed by atoms with Crippen molar-refractivity contribution >= 4 is 5.82 Å². The minimum atomic E-state index is 0.196. The van der Waals surface area contributed by atoms with Crippen LogP contribution in [0.15, 0.2) is 18.3 Å². The van der Waals surface area contributed by atoms with Crippen molar-refractivity contribution in [1.82, 2.24) is 10.3 Å². The molecule has 1 saturated heterocycles. The van der Waals surface area contributed by atoms with E-state index >= 15 is 0 Å². The second kappa shape index (κ2) is 7.04. The van der Waals surface area contributed by atoms with Gasteiger partial charge in [-0.2, -0.15) is 0 Å². The number of rotatable bonds is 6. The van der Waals surface area contributed by atoms with Crippen LogP contribution in [-0.4, -0.2) is 35.8 Å². The summed E-state index contributed by atoms with van der Waals surface area (Å²) in [5, 5.41) is 13.2. The summed E-state index contributed by atoms with van der Waals surface area (Å²) in [5.74, 6) is 1.56. The molecule has 112 valence electrons. The molecule has 1 aromatic rings. The Bertz CT molecular complexity index is 424. The molecule has 20 heavy (non-hydrogen) atoms. The van der Waals surface area contributed by atoms with Gasteiger partial charge in [0.1, 0.15) is 5.82 Å². The predicted octanol–water partition coefficient (Wildman–Crippen LogP) is 2.35. The van der Waals surface area contributed by atoms with E-state index in [9.17, 15) is 5.11 Å². The molecule has 2 heterocycles. The molecule has 4 heteroatoms. The second-order valence-corrected chi connectivity index (χ2v) is 5.80. The quantitative estimate of drug-likeness (QED) is 0.838. The number of aliphatic hydroxyl groups is 1. The lowest BCUT2D eigenvalue weighted by Crippen LogP contribution is -2.37. The summed E-state index contributed by atoms with van der Waals surface area (Å²) in [6, 6.07) is 4.62. The zero-order chi connectivity index (χ0) is 14.5. The Balaban J connectivity index is 2.23. The molecule has 0 aromatic carbocycles. The highest BCUT2D eigenvalue weighted by atomic mass is 16.3. The van der Waals surface area contributed by atoms with Crippen molar-refractivity contribution in [2.24, 2.45) is 5.92 Å². The Hall–Kier alpha value is -1.13. The van der Waals surface area contributed by atoms with Gasteiger partial charge >= 0.3 is 0 Å². The molecule has 0 bridgehead atoms. The number of nitrogens with one attached hydrogen (secondary N) is 1. The molecule has 0 saturated carbocycles. The van der Waals surface area contributed by atoms with E-state index in [-0.39, 0.29) is 18.7 Å². The fraction of sp³-hybridized carbons (Fsp3) is 0.688. The van der Waals surface area contributed by atoms with Crippen molar-refractivity contribution in [3.8, 4) is 0 Å². The molecule has 0 radical (unpaired) electrons. The molecular weight excluding hydrogens is 250 g/mol. The van der Waals surface area contributed by atoms with Gasteiger partial charge in [0.15, 0.2) is 0 Å². The summed E-state index contributed by atoms with van der Waals surface area (Å²) in [4.78, 5) is 6.88. The van der Waals surface area contributed by atoms with Gasteiger partial charge in [0, 0.05) is 24.3 Å². The molecular formula is C16H27N3O. The monoisotopic (exact) mass is 277 g/mol. The standard InChI is InChI=1S/C16H27N3O/c1-4-8-17-13(3)14-6-5-9-18-16(14)19-10-7-12(2)15(19)11-20/h5-6,9,12-13,15,17,20H,4,7-8,10-11H2,1-3H3. The van der Waals surface area contributed by atoms with Crippen LogP contribution in [0, 0.1) is 5.92 Å². The molecule has 3 atom stereocenters. The Morgan fingerprint density at radius 3 is 3.05 bits per heavy atom. The first-order valence-corrected chi connectivity index (χ1v) is 7.74. The normalized spacial score (nSPS) is 24.1. The lowest BCUT2D eigenvalue weighted by Gasteiger charge is -2.29. The van der Waals surface area contributed by atoms with Gasteiger partial charge in [-0.15, -0.1) is 0 Å². The lowest BCUT2D eigenvalue weighted by molar-refractivity contribution is 0.244. The van der Waals surface area contributed by atoms with E-state index in [0.717, 1.165) is 31.7 Å². The maximum atomic E-state index is 9.65. The first kappa shape index (κ1) is 15.3. The largest absolute Gasteiger partial charge is 0.394 e. The van der Waals surface area contributed by atoms with Gasteiger partial charge < -0.3 is 15.3 Å². The first-order chi connectivity index (χ1) is 9.69. The molecule has 0 spiro atoms. The molecule has 0 amide bonds. The van der Waals surface area contributed by atoms with Gasteiger partial charge in [0.05, 0.1) is 12.6 Å². The maximum Gasteiger partial charge on any atom is 0.133 e. The third kappa shape index (κ3) is 3.13. The van der Waals surface area contributed by atoms with E-state index in [1.165, 1.54) is 5.56 Å². The molecule has 2 N–H and O–H groups in total. The van der Waals surface area contributed by atoms with Crippen LogP contribution in [0.4, 0.5) is 5.82 Å². The molecule has 0 aliphatic carbocycles. The Labute approximate surface area is 122 Å². The number of hydrogen-bond acceptors (Lipinski definition) is 4. The number of aromatic nitrogens is 1. The number of aliphatic hydroxyl groups excluding tert-OH is 1. The van der Waals surface area contributed by atoms with Crippen LogP contribution in [0.25, 0.3) is 0 Å². The van der Waals surface area contributed by atoms with E-state index in [0.29, 0.717) is 5.92 Å². The maximum absolute atomic E-state index is 9.65. The van der Waals surface area contributed by atoms with E-state index in [2.05, 4.69) is 42.0 Å². The van der Waals surface area contributed by atoms with E-state index in [1.807, 2.05) is 12.3 Å². The first-order valence-electron chi connectivity index (χ1n) is 7.74. The number of pyridine rings is 1. The molecule has 3 unspecified atom stereocenters. The summed E-state index contributed by atoms with van der Waals surface area (Å²) in [6.45, 7) is 8.76. The number of hydrogen-bond donors (Lipinski definition) is 2. The Kier molecular flexibility index (Phi) is 5.38. The van der Waals surface area contributed by atoms with E-state index in [4.69, 9.17) is 0 Å². The number of anilines is 1. The van der Waals surface area contributed by atoms with Crippen LogP contribution >= 0.6 is 0 Å². The van der Waals surface area contributed by atoms with Gasteiger partial charge in [-0.25, -0.2) is 4.98 Å². The van der Waals surface area contributed by atoms with E-state index < -0.39 is 0 Å². The van der Waals surface area contributed by atoms with Crippen LogP contribution in [-0.2, 0) is 0 Å². The highest BCUT2D eigenvalue weighted by Crippen LogP contribution is 2.32. The van der Waals surface area contributed by atoms with Crippen LogP contribution in [0.2, 0.25) is 0 Å². The van der Waals surface area contributed by atoms with Crippen molar-refractivity contribution in [2.75, 3.05) is 24.6 Å². The van der Waals surface area contributed by atoms with Gasteiger partial charge in [-0.1, -0.05) is 19.9 Å². The predicted molar refractivity (Wildman–Crippen MR) is 82.9 cm³/mol. The van der Waals surface area contributed by atoms with Gasteiger partial charge in [0.2, 0.25) is 0 Å². The molecule has 1 aliphatic rings. The molecule has 4 nitrogen and oxygen atoms in total. The Morgan fingerprint density at radius 1 is 1.55 bits per heavy atom. The third-order valence-electron chi connectivity index (χ3n) is 4.33. The van der Waals surface area contributed by atoms with Crippen molar-refractivity contribution < 1.29 is 5.11 Å². The van der Waals surface area contributed by atoms with Crippen LogP contribution in [0.5, 0.6) is 0 Å². The highest BCUT2D eigenvalue weighted by molar-refractivity contribution is 5.50. The summed E-state index contributed by atoms with van der Waals surface area (Å²) in [5.41, 5.74) is 1.23. The zero-order valence-corrected chi connectivity index (χ0v) is 12.8. The van der Waals surface area contributed by atoms with Gasteiger partial charge in [-0.3, -0.25) is 0 Å². The number of nitrogens with zero attached hydrogens (tertiary/aromatic N) is 2. The summed E-state index contributed by atoms with van der Waals surface area (Å²) < 4.78 is 0. The van der Waals surface area contributed by atoms with Crippen molar-refractivity contribution in [3.63, 3.8) is 0 Å². The molecule has 1 aromatic heterocycles. The summed E-state index contributed by atoms with van der Waals surface area (Å²) >= 11 is 0. The topological polar surface area (TPSA) is 48.4 Å². The average molecular weight is 277 g/mol. The van der Waals surface area contributed by atoms with Crippen LogP contribution in [0.3, 0.4) is 0 Å². The molecule has 2 rings (SSSR count). The van der Waals surface area contributed by atoms with Gasteiger partial charge in [0.25, 0.3) is 0 Å². The zero-order valence-electron chi connectivity index (χ0n) is 12.8. The van der Waals surface area contributed by atoms with E-state index in [1.54, 1.807) is 0 Å². The van der Waals surface area contributed by atoms with Crippen LogP contribution < -0.4 is 10.2 Å².